The summed E-state index contributed by atoms with van der Waals surface area (Å²) in [6, 6.07) is 16.7. The maximum absolute atomic E-state index is 12.6. The second-order valence-corrected chi connectivity index (χ2v) is 8.51. The van der Waals surface area contributed by atoms with E-state index in [4.69, 9.17) is 9.47 Å². The highest BCUT2D eigenvalue weighted by molar-refractivity contribution is 7.92. The molecule has 0 bridgehead atoms. The molecule has 0 fully saturated rings. The van der Waals surface area contributed by atoms with Crippen molar-refractivity contribution in [3.05, 3.63) is 60.7 Å². The highest BCUT2D eigenvalue weighted by atomic mass is 32.2. The molecule has 0 atom stereocenters. The molecular formula is C21H23N3O4S. The fourth-order valence-electron chi connectivity index (χ4n) is 2.51. The Kier molecular flexibility index (Phi) is 6.33. The second-order valence-electron chi connectivity index (χ2n) is 6.82. The van der Waals surface area contributed by atoms with Gasteiger partial charge in [0.25, 0.3) is 10.0 Å². The monoisotopic (exact) mass is 413 g/mol. The van der Waals surface area contributed by atoms with E-state index in [1.165, 1.54) is 19.2 Å². The van der Waals surface area contributed by atoms with Gasteiger partial charge in [-0.25, -0.2) is 8.42 Å². The van der Waals surface area contributed by atoms with Gasteiger partial charge in [-0.1, -0.05) is 26.0 Å². The third-order valence-electron chi connectivity index (χ3n) is 3.98. The van der Waals surface area contributed by atoms with Gasteiger partial charge in [0.15, 0.2) is 0 Å². The van der Waals surface area contributed by atoms with Crippen molar-refractivity contribution >= 4 is 15.7 Å². The van der Waals surface area contributed by atoms with Crippen LogP contribution in [0, 0.1) is 5.92 Å². The first kappa shape index (κ1) is 20.6. The van der Waals surface area contributed by atoms with Crippen molar-refractivity contribution < 1.29 is 17.9 Å². The molecule has 0 unspecified atom stereocenters. The molecule has 152 valence electrons. The molecule has 7 nitrogen and oxygen atoms in total. The molecule has 1 N–H and O–H groups in total. The van der Waals surface area contributed by atoms with Crippen molar-refractivity contribution in [2.45, 2.75) is 18.7 Å². The van der Waals surface area contributed by atoms with Gasteiger partial charge in [0.1, 0.15) is 5.75 Å². The maximum atomic E-state index is 12.6. The molecule has 0 saturated carbocycles. The van der Waals surface area contributed by atoms with Crippen LogP contribution in [0.15, 0.2) is 65.6 Å². The van der Waals surface area contributed by atoms with Gasteiger partial charge in [-0.3, -0.25) is 4.72 Å². The lowest BCUT2D eigenvalue weighted by atomic mass is 10.1. The molecule has 1 aromatic heterocycles. The van der Waals surface area contributed by atoms with Gasteiger partial charge in [-0.2, -0.15) is 0 Å². The van der Waals surface area contributed by atoms with Crippen molar-refractivity contribution in [2.24, 2.45) is 5.92 Å². The van der Waals surface area contributed by atoms with Crippen LogP contribution >= 0.6 is 0 Å². The molecule has 8 heteroatoms. The Labute approximate surface area is 170 Å². The average Bonchev–Trinajstić information content (AvgIpc) is 2.72. The molecule has 29 heavy (non-hydrogen) atoms. The lowest BCUT2D eigenvalue weighted by Crippen LogP contribution is -2.12. The third-order valence-corrected chi connectivity index (χ3v) is 5.38. The van der Waals surface area contributed by atoms with Crippen molar-refractivity contribution in [1.82, 2.24) is 10.2 Å². The van der Waals surface area contributed by atoms with Crippen molar-refractivity contribution in [3.63, 3.8) is 0 Å². The van der Waals surface area contributed by atoms with Crippen LogP contribution in [-0.4, -0.2) is 32.3 Å². The Hall–Kier alpha value is -3.13. The van der Waals surface area contributed by atoms with Gasteiger partial charge in [0.2, 0.25) is 5.88 Å². The van der Waals surface area contributed by atoms with Gasteiger partial charge in [0.05, 0.1) is 24.3 Å². The van der Waals surface area contributed by atoms with E-state index in [0.29, 0.717) is 35.5 Å². The molecule has 0 saturated heterocycles. The highest BCUT2D eigenvalue weighted by Crippen LogP contribution is 2.24. The number of ether oxygens (including phenoxy) is 2. The summed E-state index contributed by atoms with van der Waals surface area (Å²) in [6.07, 6.45) is 0. The van der Waals surface area contributed by atoms with E-state index in [0.717, 1.165) is 5.56 Å². The minimum Gasteiger partial charge on any atom is -0.497 e. The molecule has 0 aliphatic carbocycles. The smallest absolute Gasteiger partial charge is 0.261 e. The van der Waals surface area contributed by atoms with E-state index in [1.807, 2.05) is 6.07 Å². The van der Waals surface area contributed by atoms with Crippen LogP contribution in [0.3, 0.4) is 0 Å². The van der Waals surface area contributed by atoms with Crippen LogP contribution < -0.4 is 14.2 Å². The SMILES string of the molecule is COc1ccc(S(=O)(=O)Nc2cccc(-c3ccc(OCC(C)C)nn3)c2)cc1. The Morgan fingerprint density at radius 3 is 2.38 bits per heavy atom. The molecule has 2 aromatic carbocycles. The molecule has 1 heterocycles. The number of aromatic nitrogens is 2. The molecule has 0 aliphatic heterocycles. The fourth-order valence-corrected chi connectivity index (χ4v) is 3.56. The number of hydrogen-bond donors (Lipinski definition) is 1. The zero-order chi connectivity index (χ0) is 20.9. The topological polar surface area (TPSA) is 90.4 Å². The van der Waals surface area contributed by atoms with Crippen LogP contribution in [0.25, 0.3) is 11.3 Å². The van der Waals surface area contributed by atoms with E-state index >= 15 is 0 Å². The number of nitrogens with one attached hydrogen (secondary N) is 1. The lowest BCUT2D eigenvalue weighted by Gasteiger charge is -2.10. The Balaban J connectivity index is 1.76. The predicted molar refractivity (Wildman–Crippen MR) is 112 cm³/mol. The Morgan fingerprint density at radius 1 is 1.00 bits per heavy atom. The quantitative estimate of drug-likeness (QED) is 0.601. The molecule has 0 aliphatic rings. The lowest BCUT2D eigenvalue weighted by molar-refractivity contribution is 0.258. The maximum Gasteiger partial charge on any atom is 0.261 e. The summed E-state index contributed by atoms with van der Waals surface area (Å²) in [5.74, 6) is 1.44. The van der Waals surface area contributed by atoms with Crippen LogP contribution in [-0.2, 0) is 10.0 Å². The van der Waals surface area contributed by atoms with Crippen LogP contribution in [0.2, 0.25) is 0 Å². The first-order chi connectivity index (χ1) is 13.9. The van der Waals surface area contributed by atoms with Gasteiger partial charge in [0, 0.05) is 17.3 Å². The van der Waals surface area contributed by atoms with Gasteiger partial charge < -0.3 is 9.47 Å². The molecule has 0 amide bonds. The van der Waals surface area contributed by atoms with E-state index in [-0.39, 0.29) is 4.90 Å². The third kappa shape index (κ3) is 5.45. The summed E-state index contributed by atoms with van der Waals surface area (Å²) >= 11 is 0. The molecule has 0 radical (unpaired) electrons. The number of benzene rings is 2. The minimum atomic E-state index is -3.72. The van der Waals surface area contributed by atoms with Crippen LogP contribution in [0.4, 0.5) is 5.69 Å². The minimum absolute atomic E-state index is 0.148. The summed E-state index contributed by atoms with van der Waals surface area (Å²) in [5.41, 5.74) is 1.79. The summed E-state index contributed by atoms with van der Waals surface area (Å²) in [7, 11) is -2.19. The fraction of sp³-hybridized carbons (Fsp3) is 0.238. The number of sulfonamides is 1. The van der Waals surface area contributed by atoms with Gasteiger partial charge >= 0.3 is 0 Å². The number of nitrogens with zero attached hydrogens (tertiary/aromatic N) is 2. The Bertz CT molecular complexity index is 1050. The number of rotatable bonds is 8. The van der Waals surface area contributed by atoms with Crippen LogP contribution in [0.1, 0.15) is 13.8 Å². The molecule has 3 aromatic rings. The standard InChI is InChI=1S/C21H23N3O4S/c1-15(2)14-28-21-12-11-20(22-23-21)16-5-4-6-17(13-16)24-29(25,26)19-9-7-18(27-3)8-10-19/h4-13,15,24H,14H2,1-3H3. The summed E-state index contributed by atoms with van der Waals surface area (Å²) in [4.78, 5) is 0.148. The summed E-state index contributed by atoms with van der Waals surface area (Å²) in [6.45, 7) is 4.68. The van der Waals surface area contributed by atoms with E-state index in [2.05, 4.69) is 28.8 Å². The van der Waals surface area contributed by atoms with Gasteiger partial charge in [-0.05, 0) is 48.4 Å². The molecule has 3 rings (SSSR count). The van der Waals surface area contributed by atoms with Crippen molar-refractivity contribution in [3.8, 4) is 22.9 Å². The van der Waals surface area contributed by atoms with E-state index in [1.54, 1.807) is 42.5 Å². The van der Waals surface area contributed by atoms with Crippen LogP contribution in [0.5, 0.6) is 11.6 Å². The molecular weight excluding hydrogens is 390 g/mol. The normalized spacial score (nSPS) is 11.3. The van der Waals surface area contributed by atoms with E-state index in [9.17, 15) is 8.42 Å². The highest BCUT2D eigenvalue weighted by Gasteiger charge is 2.15. The van der Waals surface area contributed by atoms with Crippen molar-refractivity contribution in [2.75, 3.05) is 18.4 Å². The second kappa shape index (κ2) is 8.91. The zero-order valence-electron chi connectivity index (χ0n) is 16.5. The molecule has 0 spiro atoms. The van der Waals surface area contributed by atoms with E-state index < -0.39 is 10.0 Å². The first-order valence-corrected chi connectivity index (χ1v) is 10.6. The zero-order valence-corrected chi connectivity index (χ0v) is 17.3. The Morgan fingerprint density at radius 2 is 1.76 bits per heavy atom. The average molecular weight is 413 g/mol. The largest absolute Gasteiger partial charge is 0.497 e. The summed E-state index contributed by atoms with van der Waals surface area (Å²) in [5, 5.41) is 8.25. The van der Waals surface area contributed by atoms with Crippen molar-refractivity contribution in [1.29, 1.82) is 0 Å². The van der Waals surface area contributed by atoms with Gasteiger partial charge in [-0.15, -0.1) is 10.2 Å². The summed E-state index contributed by atoms with van der Waals surface area (Å²) < 4.78 is 38.4. The number of methoxy groups -OCH3 is 1. The number of hydrogen-bond acceptors (Lipinski definition) is 6. The number of anilines is 1. The first-order valence-electron chi connectivity index (χ1n) is 9.11. The predicted octanol–water partition coefficient (Wildman–Crippen LogP) is 3.99.